The van der Waals surface area contributed by atoms with Crippen LogP contribution in [0.2, 0.25) is 5.02 Å². The van der Waals surface area contributed by atoms with Gasteiger partial charge in [-0.05, 0) is 81.8 Å². The van der Waals surface area contributed by atoms with Gasteiger partial charge in [0.2, 0.25) is 0 Å². The predicted octanol–water partition coefficient (Wildman–Crippen LogP) is 4.61. The van der Waals surface area contributed by atoms with Crippen molar-refractivity contribution in [2.45, 2.75) is 62.8 Å². The highest BCUT2D eigenvalue weighted by Crippen LogP contribution is 2.47. The van der Waals surface area contributed by atoms with E-state index >= 15 is 0 Å². The number of rotatable bonds is 8. The van der Waals surface area contributed by atoms with Crippen LogP contribution in [0.4, 0.5) is 0 Å². The molecule has 0 unspecified atom stereocenters. The molecule has 0 aromatic heterocycles. The van der Waals surface area contributed by atoms with Crippen molar-refractivity contribution in [3.8, 4) is 11.5 Å². The number of hydrogen-bond acceptors (Lipinski definition) is 5. The van der Waals surface area contributed by atoms with Crippen molar-refractivity contribution in [3.05, 3.63) is 58.1 Å². The van der Waals surface area contributed by atoms with E-state index in [0.29, 0.717) is 18.9 Å². The zero-order chi connectivity index (χ0) is 22.1. The van der Waals surface area contributed by atoms with Crippen LogP contribution in [0.5, 0.6) is 11.5 Å². The molecule has 0 amide bonds. The number of likely N-dealkylation sites (tertiary alicyclic amines) is 1. The zero-order valence-corrected chi connectivity index (χ0v) is 19.2. The molecule has 2 heterocycles. The Morgan fingerprint density at radius 2 is 1.97 bits per heavy atom. The lowest BCUT2D eigenvalue weighted by atomic mass is 9.74. The molecule has 0 radical (unpaired) electrons. The third-order valence-corrected chi connectivity index (χ3v) is 7.69. The first kappa shape index (κ1) is 22.0. The highest BCUT2D eigenvalue weighted by Gasteiger charge is 2.43. The number of benzene rings is 2. The lowest BCUT2D eigenvalue weighted by Crippen LogP contribution is -2.43. The van der Waals surface area contributed by atoms with Crippen molar-refractivity contribution in [1.82, 2.24) is 4.90 Å². The average Bonchev–Trinajstić information content (AvgIpc) is 3.58. The minimum Gasteiger partial charge on any atom is -0.492 e. The summed E-state index contributed by atoms with van der Waals surface area (Å²) in [7, 11) is 0. The van der Waals surface area contributed by atoms with Crippen LogP contribution in [-0.2, 0) is 12.0 Å². The van der Waals surface area contributed by atoms with Crippen LogP contribution in [0.1, 0.15) is 61.1 Å². The van der Waals surface area contributed by atoms with E-state index in [0.717, 1.165) is 67.6 Å². The zero-order valence-electron chi connectivity index (χ0n) is 18.4. The Morgan fingerprint density at radius 3 is 2.72 bits per heavy atom. The summed E-state index contributed by atoms with van der Waals surface area (Å²) in [5, 5.41) is 18.9. The third-order valence-electron chi connectivity index (χ3n) is 7.33. The van der Waals surface area contributed by atoms with Crippen molar-refractivity contribution < 1.29 is 19.7 Å². The van der Waals surface area contributed by atoms with Gasteiger partial charge in [0.1, 0.15) is 18.1 Å². The summed E-state index contributed by atoms with van der Waals surface area (Å²) in [6, 6.07) is 12.4. The molecule has 6 heteroatoms. The van der Waals surface area contributed by atoms with Crippen molar-refractivity contribution in [3.63, 3.8) is 0 Å². The molecular formula is C26H32ClNO4. The molecule has 0 atom stereocenters. The summed E-state index contributed by atoms with van der Waals surface area (Å²) in [4.78, 5) is 2.42. The maximum absolute atomic E-state index is 9.04. The summed E-state index contributed by atoms with van der Waals surface area (Å²) in [5.74, 6) is 2.40. The highest BCUT2D eigenvalue weighted by atomic mass is 35.5. The summed E-state index contributed by atoms with van der Waals surface area (Å²) in [5.41, 5.74) is 3.82. The molecule has 3 aliphatic rings. The standard InChI is InChI=1S/C26H32ClNO4/c27-23-4-1-3-20(18-6-7-18)21(23)16-31-19-8-9-22-24(15-19)32-17-26(22)10-13-28(14-11-26)12-2-5-25(29)30/h1,3-4,8-9,15,18,25,29-30H,2,5-7,10-14,16-17H2. The van der Waals surface area contributed by atoms with Crippen molar-refractivity contribution in [1.29, 1.82) is 0 Å². The van der Waals surface area contributed by atoms with Crippen LogP contribution in [0, 0.1) is 0 Å². The van der Waals surface area contributed by atoms with Gasteiger partial charge in [-0.15, -0.1) is 0 Å². The Labute approximate surface area is 194 Å². The quantitative estimate of drug-likeness (QED) is 0.566. The lowest BCUT2D eigenvalue weighted by Gasteiger charge is -2.38. The van der Waals surface area contributed by atoms with E-state index in [1.54, 1.807) is 0 Å². The molecule has 1 spiro atoms. The van der Waals surface area contributed by atoms with Crippen LogP contribution >= 0.6 is 11.6 Å². The molecule has 1 saturated carbocycles. The van der Waals surface area contributed by atoms with Crippen LogP contribution in [-0.4, -0.2) is 47.6 Å². The van der Waals surface area contributed by atoms with Gasteiger partial charge in [-0.2, -0.15) is 0 Å². The average molecular weight is 458 g/mol. The van der Waals surface area contributed by atoms with Crippen LogP contribution in [0.3, 0.4) is 0 Å². The Bertz CT molecular complexity index is 951. The minimum atomic E-state index is -1.20. The van der Waals surface area contributed by atoms with E-state index in [1.807, 2.05) is 18.2 Å². The summed E-state index contributed by atoms with van der Waals surface area (Å²) < 4.78 is 12.3. The third kappa shape index (κ3) is 4.62. The van der Waals surface area contributed by atoms with Gasteiger partial charge < -0.3 is 24.6 Å². The molecule has 0 bridgehead atoms. The Kier molecular flexibility index (Phi) is 6.35. The highest BCUT2D eigenvalue weighted by molar-refractivity contribution is 6.31. The Morgan fingerprint density at radius 1 is 1.16 bits per heavy atom. The Hall–Kier alpha value is -1.79. The molecule has 172 valence electrons. The predicted molar refractivity (Wildman–Crippen MR) is 125 cm³/mol. The smallest absolute Gasteiger partial charge is 0.151 e. The summed E-state index contributed by atoms with van der Waals surface area (Å²) in [6.07, 6.45) is 4.65. The molecule has 2 aromatic carbocycles. The molecule has 2 aromatic rings. The van der Waals surface area contributed by atoms with Crippen molar-refractivity contribution in [2.75, 3.05) is 26.2 Å². The largest absolute Gasteiger partial charge is 0.492 e. The first-order chi connectivity index (χ1) is 15.5. The number of aliphatic hydroxyl groups excluding tert-OH is 1. The van der Waals surface area contributed by atoms with Gasteiger partial charge in [-0.1, -0.05) is 29.8 Å². The number of nitrogens with zero attached hydrogens (tertiary/aromatic N) is 1. The molecule has 2 fully saturated rings. The SMILES string of the molecule is OC(O)CCCN1CCC2(CC1)COc1cc(OCc3c(Cl)cccc3C3CC3)ccc12. The summed E-state index contributed by atoms with van der Waals surface area (Å²) >= 11 is 6.48. The molecule has 32 heavy (non-hydrogen) atoms. The monoisotopic (exact) mass is 457 g/mol. The Balaban J connectivity index is 1.21. The van der Waals surface area contributed by atoms with Gasteiger partial charge in [-0.3, -0.25) is 0 Å². The van der Waals surface area contributed by atoms with Gasteiger partial charge in [0.15, 0.2) is 6.29 Å². The summed E-state index contributed by atoms with van der Waals surface area (Å²) in [6.45, 7) is 4.15. The van der Waals surface area contributed by atoms with Crippen LogP contribution in [0.25, 0.3) is 0 Å². The number of fused-ring (bicyclic) bond motifs is 2. The van der Waals surface area contributed by atoms with Gasteiger partial charge in [0.05, 0.1) is 6.61 Å². The van der Waals surface area contributed by atoms with E-state index < -0.39 is 6.29 Å². The maximum atomic E-state index is 9.04. The van der Waals surface area contributed by atoms with Crippen molar-refractivity contribution >= 4 is 11.6 Å². The minimum absolute atomic E-state index is 0.0860. The number of ether oxygens (including phenoxy) is 2. The van der Waals surface area contributed by atoms with E-state index in [4.69, 9.17) is 31.3 Å². The molecule has 5 nitrogen and oxygen atoms in total. The fourth-order valence-corrected chi connectivity index (χ4v) is 5.46. The van der Waals surface area contributed by atoms with E-state index in [2.05, 4.69) is 23.1 Å². The second-order valence-corrected chi connectivity index (χ2v) is 9.97. The fourth-order valence-electron chi connectivity index (χ4n) is 5.22. The van der Waals surface area contributed by atoms with E-state index in [-0.39, 0.29) is 5.41 Å². The molecular weight excluding hydrogens is 426 g/mol. The van der Waals surface area contributed by atoms with Crippen molar-refractivity contribution in [2.24, 2.45) is 0 Å². The van der Waals surface area contributed by atoms with Gasteiger partial charge >= 0.3 is 0 Å². The topological polar surface area (TPSA) is 62.2 Å². The number of piperidine rings is 1. The van der Waals surface area contributed by atoms with Crippen LogP contribution < -0.4 is 9.47 Å². The fraction of sp³-hybridized carbons (Fsp3) is 0.538. The second kappa shape index (κ2) is 9.22. The molecule has 5 rings (SSSR count). The molecule has 1 aliphatic carbocycles. The number of hydrogen-bond donors (Lipinski definition) is 2. The van der Waals surface area contributed by atoms with Crippen LogP contribution in [0.15, 0.2) is 36.4 Å². The van der Waals surface area contributed by atoms with E-state index in [1.165, 1.54) is 24.0 Å². The van der Waals surface area contributed by atoms with E-state index in [9.17, 15) is 0 Å². The molecule has 2 N–H and O–H groups in total. The maximum Gasteiger partial charge on any atom is 0.151 e. The second-order valence-electron chi connectivity index (χ2n) is 9.56. The molecule has 2 aliphatic heterocycles. The van der Waals surface area contributed by atoms with Gasteiger partial charge in [0, 0.05) is 27.6 Å². The first-order valence-electron chi connectivity index (χ1n) is 11.8. The van der Waals surface area contributed by atoms with Gasteiger partial charge in [-0.25, -0.2) is 0 Å². The number of aliphatic hydroxyl groups is 2. The lowest BCUT2D eigenvalue weighted by molar-refractivity contribution is -0.0479. The molecule has 1 saturated heterocycles. The normalized spacial score (nSPS) is 19.9. The number of halogens is 1. The first-order valence-corrected chi connectivity index (χ1v) is 12.2. The van der Waals surface area contributed by atoms with Gasteiger partial charge in [0.25, 0.3) is 0 Å².